The Morgan fingerprint density at radius 2 is 1.84 bits per heavy atom. The number of carbonyl (C=O) groups excluding carboxylic acids is 2. The van der Waals surface area contributed by atoms with Crippen LogP contribution in [0.2, 0.25) is 0 Å². The zero-order valence-corrected chi connectivity index (χ0v) is 14.9. The van der Waals surface area contributed by atoms with Gasteiger partial charge in [0.1, 0.15) is 0 Å². The van der Waals surface area contributed by atoms with Gasteiger partial charge in [0.15, 0.2) is 0 Å². The molecule has 2 aromatic rings. The Kier molecular flexibility index (Phi) is 6.79. The molecule has 1 unspecified atom stereocenters. The van der Waals surface area contributed by atoms with Gasteiger partial charge < -0.3 is 16.4 Å². The van der Waals surface area contributed by atoms with Crippen LogP contribution in [0.3, 0.4) is 0 Å². The average molecular weight is 362 g/mol. The SMILES string of the molecule is Cl.NCC(NC(=O)CCNC(=O)c1ccc2ccccc2c1)C1CC1. The fraction of sp³-hybridized carbons (Fsp3) is 0.368. The molecule has 0 radical (unpaired) electrons. The molecule has 25 heavy (non-hydrogen) atoms. The quantitative estimate of drug-likeness (QED) is 0.707. The maximum Gasteiger partial charge on any atom is 0.251 e. The van der Waals surface area contributed by atoms with Crippen molar-refractivity contribution < 1.29 is 9.59 Å². The first kappa shape index (κ1) is 19.2. The van der Waals surface area contributed by atoms with Gasteiger partial charge in [-0.05, 0) is 41.7 Å². The first-order valence-electron chi connectivity index (χ1n) is 8.44. The minimum absolute atomic E-state index is 0. The van der Waals surface area contributed by atoms with Gasteiger partial charge in [0, 0.05) is 31.1 Å². The standard InChI is InChI=1S/C19H23N3O2.ClH/c20-12-17(14-6-7-14)22-18(23)9-10-21-19(24)16-8-5-13-3-1-2-4-15(13)11-16;/h1-5,8,11,14,17H,6-7,9-10,12,20H2,(H,21,24)(H,22,23);1H. The molecule has 1 atom stereocenters. The molecule has 134 valence electrons. The van der Waals surface area contributed by atoms with Crippen LogP contribution in [-0.2, 0) is 4.79 Å². The summed E-state index contributed by atoms with van der Waals surface area (Å²) in [6.07, 6.45) is 2.55. The Morgan fingerprint density at radius 1 is 1.12 bits per heavy atom. The van der Waals surface area contributed by atoms with E-state index in [1.54, 1.807) is 6.07 Å². The molecule has 0 aromatic heterocycles. The molecule has 1 aliphatic carbocycles. The smallest absolute Gasteiger partial charge is 0.251 e. The Hall–Kier alpha value is -2.11. The number of nitrogens with two attached hydrogens (primary N) is 1. The summed E-state index contributed by atoms with van der Waals surface area (Å²) in [7, 11) is 0. The molecule has 0 bridgehead atoms. The molecule has 1 aliphatic rings. The van der Waals surface area contributed by atoms with E-state index in [1.807, 2.05) is 36.4 Å². The molecule has 3 rings (SSSR count). The van der Waals surface area contributed by atoms with Crippen LogP contribution in [0.15, 0.2) is 42.5 Å². The molecule has 0 saturated heterocycles. The van der Waals surface area contributed by atoms with E-state index in [0.717, 1.165) is 23.6 Å². The second-order valence-electron chi connectivity index (χ2n) is 6.31. The van der Waals surface area contributed by atoms with Crippen LogP contribution in [0.25, 0.3) is 10.8 Å². The topological polar surface area (TPSA) is 84.2 Å². The lowest BCUT2D eigenvalue weighted by atomic mass is 10.1. The summed E-state index contributed by atoms with van der Waals surface area (Å²) in [6, 6.07) is 13.6. The van der Waals surface area contributed by atoms with Gasteiger partial charge in [-0.3, -0.25) is 9.59 Å². The lowest BCUT2D eigenvalue weighted by molar-refractivity contribution is -0.121. The lowest BCUT2D eigenvalue weighted by Crippen LogP contribution is -2.42. The highest BCUT2D eigenvalue weighted by Gasteiger charge is 2.31. The number of fused-ring (bicyclic) bond motifs is 1. The van der Waals surface area contributed by atoms with E-state index in [9.17, 15) is 9.59 Å². The molecule has 2 aromatic carbocycles. The monoisotopic (exact) mass is 361 g/mol. The number of carbonyl (C=O) groups is 2. The summed E-state index contributed by atoms with van der Waals surface area (Å²) in [5, 5.41) is 7.88. The maximum atomic E-state index is 12.2. The van der Waals surface area contributed by atoms with Crippen molar-refractivity contribution in [3.8, 4) is 0 Å². The Morgan fingerprint density at radius 3 is 2.52 bits per heavy atom. The predicted octanol–water partition coefficient (Wildman–Crippen LogP) is 2.23. The zero-order chi connectivity index (χ0) is 16.9. The van der Waals surface area contributed by atoms with E-state index in [0.29, 0.717) is 24.6 Å². The summed E-state index contributed by atoms with van der Waals surface area (Å²) in [6.45, 7) is 0.791. The minimum Gasteiger partial charge on any atom is -0.352 e. The van der Waals surface area contributed by atoms with E-state index in [2.05, 4.69) is 10.6 Å². The molecule has 1 saturated carbocycles. The third-order valence-electron chi connectivity index (χ3n) is 4.44. The molecular weight excluding hydrogens is 338 g/mol. The normalized spacial score (nSPS) is 14.4. The number of hydrogen-bond donors (Lipinski definition) is 3. The average Bonchev–Trinajstić information content (AvgIpc) is 3.44. The molecule has 0 heterocycles. The molecule has 2 amide bonds. The van der Waals surface area contributed by atoms with Crippen LogP contribution in [0.4, 0.5) is 0 Å². The van der Waals surface area contributed by atoms with Crippen molar-refractivity contribution in [2.24, 2.45) is 11.7 Å². The minimum atomic E-state index is -0.161. The number of benzene rings is 2. The van der Waals surface area contributed by atoms with Gasteiger partial charge in [0.25, 0.3) is 5.91 Å². The van der Waals surface area contributed by atoms with Gasteiger partial charge in [0.2, 0.25) is 5.91 Å². The fourth-order valence-electron chi connectivity index (χ4n) is 2.87. The van der Waals surface area contributed by atoms with Crippen LogP contribution in [0.1, 0.15) is 29.6 Å². The van der Waals surface area contributed by atoms with Crippen LogP contribution in [-0.4, -0.2) is 30.9 Å². The highest BCUT2D eigenvalue weighted by atomic mass is 35.5. The third-order valence-corrected chi connectivity index (χ3v) is 4.44. The molecule has 0 aliphatic heterocycles. The van der Waals surface area contributed by atoms with Crippen molar-refractivity contribution in [2.45, 2.75) is 25.3 Å². The second-order valence-corrected chi connectivity index (χ2v) is 6.31. The summed E-state index contributed by atoms with van der Waals surface area (Å²) >= 11 is 0. The summed E-state index contributed by atoms with van der Waals surface area (Å²) in [4.78, 5) is 24.1. The van der Waals surface area contributed by atoms with Crippen molar-refractivity contribution in [1.82, 2.24) is 10.6 Å². The Balaban J connectivity index is 0.00000225. The lowest BCUT2D eigenvalue weighted by Gasteiger charge is -2.16. The third kappa shape index (κ3) is 5.18. The van der Waals surface area contributed by atoms with Crippen LogP contribution in [0.5, 0.6) is 0 Å². The summed E-state index contributed by atoms with van der Waals surface area (Å²) in [5.74, 6) is 0.313. The molecule has 6 heteroatoms. The van der Waals surface area contributed by atoms with Gasteiger partial charge in [0.05, 0.1) is 0 Å². The second kappa shape index (κ2) is 8.83. The van der Waals surface area contributed by atoms with Crippen LogP contribution < -0.4 is 16.4 Å². The maximum absolute atomic E-state index is 12.2. The molecule has 4 N–H and O–H groups in total. The van der Waals surface area contributed by atoms with Gasteiger partial charge in [-0.15, -0.1) is 12.4 Å². The number of halogens is 1. The van der Waals surface area contributed by atoms with E-state index in [4.69, 9.17) is 5.73 Å². The fourth-order valence-corrected chi connectivity index (χ4v) is 2.87. The van der Waals surface area contributed by atoms with Gasteiger partial charge >= 0.3 is 0 Å². The largest absolute Gasteiger partial charge is 0.352 e. The molecule has 0 spiro atoms. The summed E-state index contributed by atoms with van der Waals surface area (Å²) in [5.41, 5.74) is 6.28. The van der Waals surface area contributed by atoms with Crippen molar-refractivity contribution in [3.05, 3.63) is 48.0 Å². The highest BCUT2D eigenvalue weighted by Crippen LogP contribution is 2.32. The van der Waals surface area contributed by atoms with Crippen molar-refractivity contribution in [2.75, 3.05) is 13.1 Å². The number of nitrogens with one attached hydrogen (secondary N) is 2. The van der Waals surface area contributed by atoms with Crippen LogP contribution in [0, 0.1) is 5.92 Å². The molecular formula is C19H24ClN3O2. The first-order chi connectivity index (χ1) is 11.7. The van der Waals surface area contributed by atoms with E-state index < -0.39 is 0 Å². The predicted molar refractivity (Wildman–Crippen MR) is 102 cm³/mol. The first-order valence-corrected chi connectivity index (χ1v) is 8.44. The zero-order valence-electron chi connectivity index (χ0n) is 14.0. The molecule has 1 fully saturated rings. The summed E-state index contributed by atoms with van der Waals surface area (Å²) < 4.78 is 0. The van der Waals surface area contributed by atoms with E-state index in [-0.39, 0.29) is 36.7 Å². The Bertz CT molecular complexity index is 746. The van der Waals surface area contributed by atoms with Gasteiger partial charge in [-0.1, -0.05) is 30.3 Å². The molecule has 5 nitrogen and oxygen atoms in total. The van der Waals surface area contributed by atoms with Crippen molar-refractivity contribution in [3.63, 3.8) is 0 Å². The van der Waals surface area contributed by atoms with E-state index >= 15 is 0 Å². The van der Waals surface area contributed by atoms with Crippen molar-refractivity contribution >= 4 is 35.0 Å². The van der Waals surface area contributed by atoms with Crippen molar-refractivity contribution in [1.29, 1.82) is 0 Å². The van der Waals surface area contributed by atoms with Gasteiger partial charge in [-0.2, -0.15) is 0 Å². The highest BCUT2D eigenvalue weighted by molar-refractivity contribution is 5.98. The number of amides is 2. The van der Waals surface area contributed by atoms with Crippen LogP contribution >= 0.6 is 12.4 Å². The number of hydrogen-bond acceptors (Lipinski definition) is 3. The van der Waals surface area contributed by atoms with Gasteiger partial charge in [-0.25, -0.2) is 0 Å². The number of rotatable bonds is 7. The Labute approximate surface area is 153 Å². The van der Waals surface area contributed by atoms with E-state index in [1.165, 1.54) is 0 Å².